The largest absolute Gasteiger partial charge is 0.491 e. The Bertz CT molecular complexity index is 5560. The second kappa shape index (κ2) is 31.6. The van der Waals surface area contributed by atoms with Crippen LogP contribution in [0.25, 0.3) is 43.1 Å². The Kier molecular flexibility index (Phi) is 20.1. The minimum Gasteiger partial charge on any atom is -0.491 e. The van der Waals surface area contributed by atoms with E-state index in [-0.39, 0.29) is 150 Å². The average molecular weight is 1570 g/mol. The molecule has 19 rings (SSSR count). The summed E-state index contributed by atoms with van der Waals surface area (Å²) in [4.78, 5) is 106. The maximum absolute atomic E-state index is 16.9. The van der Waals surface area contributed by atoms with Crippen molar-refractivity contribution in [3.8, 4) is 57.5 Å². The summed E-state index contributed by atoms with van der Waals surface area (Å²) in [6.45, 7) is 11.0. The number of hydrogen-bond donors (Lipinski definition) is 0. The number of fused-ring (bicyclic) bond motifs is 2. The van der Waals surface area contributed by atoms with Crippen LogP contribution in [0.1, 0.15) is 103 Å². The van der Waals surface area contributed by atoms with Gasteiger partial charge in [0.25, 0.3) is 23.6 Å². The summed E-state index contributed by atoms with van der Waals surface area (Å²) in [5.74, 6) is -2.75. The molecule has 4 saturated heterocycles. The Morgan fingerprint density at radius 3 is 0.814 bits per heavy atom. The predicted molar refractivity (Wildman–Crippen MR) is 444 cm³/mol. The smallest absolute Gasteiger partial charge is 0.262 e. The fourth-order valence-corrected chi connectivity index (χ4v) is 16.5. The number of imide groups is 2. The first-order valence-electron chi connectivity index (χ1n) is 40.2. The monoisotopic (exact) mass is 1570 g/mol. The van der Waals surface area contributed by atoms with Gasteiger partial charge >= 0.3 is 0 Å². The molecule has 6 amide bonds. The van der Waals surface area contributed by atoms with Crippen LogP contribution in [0.3, 0.4) is 0 Å². The normalized spacial score (nSPS) is 17.5. The summed E-state index contributed by atoms with van der Waals surface area (Å²) in [6.07, 6.45) is 1.38. The summed E-state index contributed by atoms with van der Waals surface area (Å²) in [5.41, 5.74) is 5.36. The molecule has 118 heavy (non-hydrogen) atoms. The second-order valence-corrected chi connectivity index (χ2v) is 31.8. The fourth-order valence-electron chi connectivity index (χ4n) is 16.5. The van der Waals surface area contributed by atoms with Gasteiger partial charge in [-0.2, -0.15) is 0 Å². The maximum Gasteiger partial charge on any atom is 0.262 e. The van der Waals surface area contributed by atoms with Crippen molar-refractivity contribution >= 4 is 78.5 Å². The Balaban J connectivity index is 0.889. The van der Waals surface area contributed by atoms with Crippen LogP contribution in [0.2, 0.25) is 0 Å². The van der Waals surface area contributed by atoms with Gasteiger partial charge in [0.2, 0.25) is 11.8 Å². The Morgan fingerprint density at radius 1 is 0.322 bits per heavy atom. The van der Waals surface area contributed by atoms with Crippen molar-refractivity contribution in [1.82, 2.24) is 19.6 Å². The number of ether oxygens (including phenoxy) is 10. The first-order chi connectivity index (χ1) is 57.6. The van der Waals surface area contributed by atoms with E-state index in [0.717, 1.165) is 43.2 Å². The Morgan fingerprint density at radius 2 is 0.568 bits per heavy atom. The predicted octanol–water partition coefficient (Wildman–Crippen LogP) is 18.0. The molecule has 0 spiro atoms. The van der Waals surface area contributed by atoms with E-state index in [1.165, 1.54) is 0 Å². The molecule has 4 fully saturated rings. The molecule has 6 aliphatic heterocycles. The summed E-state index contributed by atoms with van der Waals surface area (Å²) in [7, 11) is 0. The first-order valence-corrected chi connectivity index (χ1v) is 40.2. The molecule has 6 heterocycles. The van der Waals surface area contributed by atoms with E-state index in [1.54, 1.807) is 82.6 Å². The molecule has 13 aromatic rings. The number of epoxide rings is 4. The highest BCUT2D eigenvalue weighted by molar-refractivity contribution is 6.45. The standard InChI is InChI=1S/C98H84N4O16/c1-57(2)91(97(107)99(47-61-17-9-5-10-18-61)48-62-19-11-6-12-20-62)101-93(103)75-43-79(115-67-29-25-59(26-30-67)41-71-51-111-71)85-86-80(116-68-31-27-60(28-32-68)42-72-52-112-72)44-76-84-78(96(106)102(94(76)104)92(58(3)4)98(108)100(49-63-21-13-7-14-22-63)50-64-23-15-8-16-24-64)46-82(118-70-39-35-66(36-40-70)110-54-74-56-114-74)88(90(84)86)87-81(45-77(95(101)105)83(75)89(85)87)117-69-37-33-65(34-38-69)109-53-73-55-113-73/h5-40,43-46,57-58,71-74,91-92H,41-42,47-56H2,1-4H3. The third-order valence-corrected chi connectivity index (χ3v) is 22.6. The molecule has 0 bridgehead atoms. The van der Waals surface area contributed by atoms with Crippen LogP contribution in [0, 0.1) is 11.8 Å². The molecule has 20 heteroatoms. The lowest BCUT2D eigenvalue weighted by Crippen LogP contribution is -2.56. The van der Waals surface area contributed by atoms with Crippen LogP contribution >= 0.6 is 0 Å². The van der Waals surface area contributed by atoms with Crippen molar-refractivity contribution in [3.63, 3.8) is 0 Å². The molecule has 0 radical (unpaired) electrons. The number of benzene rings is 13. The molecule has 0 saturated carbocycles. The molecule has 6 aliphatic rings. The highest BCUT2D eigenvalue weighted by Crippen LogP contribution is 2.59. The Hall–Kier alpha value is -13.0. The molecule has 0 N–H and O–H groups in total. The second-order valence-electron chi connectivity index (χ2n) is 31.8. The van der Waals surface area contributed by atoms with E-state index in [2.05, 4.69) is 0 Å². The maximum atomic E-state index is 16.9. The zero-order valence-electron chi connectivity index (χ0n) is 65.5. The number of nitrogens with zero attached hydrogens (tertiary/aromatic N) is 4. The Labute approximate surface area is 681 Å². The van der Waals surface area contributed by atoms with Gasteiger partial charge in [0.05, 0.1) is 60.9 Å². The lowest BCUT2D eigenvalue weighted by molar-refractivity contribution is -0.138. The zero-order valence-corrected chi connectivity index (χ0v) is 65.5. The lowest BCUT2D eigenvalue weighted by Gasteiger charge is -2.39. The first kappa shape index (κ1) is 75.1. The van der Waals surface area contributed by atoms with E-state index in [0.29, 0.717) is 75.5 Å². The van der Waals surface area contributed by atoms with Crippen molar-refractivity contribution in [1.29, 1.82) is 0 Å². The third-order valence-electron chi connectivity index (χ3n) is 22.6. The van der Waals surface area contributed by atoms with Gasteiger partial charge < -0.3 is 57.2 Å². The lowest BCUT2D eigenvalue weighted by atomic mass is 9.80. The molecule has 13 aromatic carbocycles. The van der Waals surface area contributed by atoms with Crippen LogP contribution in [0.15, 0.2) is 243 Å². The van der Waals surface area contributed by atoms with Crippen LogP contribution in [0.5, 0.6) is 57.5 Å². The van der Waals surface area contributed by atoms with Crippen molar-refractivity contribution in [2.24, 2.45) is 11.8 Å². The number of hydrogen-bond acceptors (Lipinski definition) is 16. The molecular weight excluding hydrogens is 1490 g/mol. The number of carbonyl (C=O) groups is 6. The minimum atomic E-state index is -1.39. The third kappa shape index (κ3) is 15.3. The molecular formula is C98H84N4O16. The topological polar surface area (TPSA) is 221 Å². The summed E-state index contributed by atoms with van der Waals surface area (Å²) in [6, 6.07) is 71.3. The molecule has 0 aromatic heterocycles. The van der Waals surface area contributed by atoms with Crippen LogP contribution in [0.4, 0.5) is 0 Å². The van der Waals surface area contributed by atoms with Gasteiger partial charge in [0, 0.05) is 82.1 Å². The summed E-state index contributed by atoms with van der Waals surface area (Å²) < 4.78 is 64.4. The minimum absolute atomic E-state index is 0.00340. The van der Waals surface area contributed by atoms with Gasteiger partial charge in [-0.05, 0) is 142 Å². The van der Waals surface area contributed by atoms with Crippen LogP contribution in [-0.2, 0) is 67.6 Å². The van der Waals surface area contributed by atoms with Gasteiger partial charge in [-0.1, -0.05) is 173 Å². The summed E-state index contributed by atoms with van der Waals surface area (Å²) >= 11 is 0. The molecule has 6 atom stereocenters. The molecule has 592 valence electrons. The van der Waals surface area contributed by atoms with Crippen molar-refractivity contribution in [3.05, 3.63) is 298 Å². The van der Waals surface area contributed by atoms with E-state index in [9.17, 15) is 0 Å². The van der Waals surface area contributed by atoms with Crippen molar-refractivity contribution in [2.75, 3.05) is 39.6 Å². The number of rotatable bonds is 32. The number of carbonyl (C=O) groups excluding carboxylic acids is 6. The highest BCUT2D eigenvalue weighted by atomic mass is 16.6. The van der Waals surface area contributed by atoms with Crippen LogP contribution in [-0.4, -0.2) is 131 Å². The van der Waals surface area contributed by atoms with Gasteiger partial charge in [-0.3, -0.25) is 38.6 Å². The van der Waals surface area contributed by atoms with E-state index in [4.69, 9.17) is 47.4 Å². The molecule has 20 nitrogen and oxygen atoms in total. The fraction of sp³-hybridized carbons (Fsp3) is 0.245. The SMILES string of the molecule is CC(C)C(C(=O)N(Cc1ccccc1)Cc1ccccc1)N1C(=O)c2cc(Oc3ccc(CC4CO4)cc3)c3c4c(Oc5ccc(CC6CO6)cc5)cc5c6c(cc(Oc7ccc(OCC8CO8)cc7)c(c7c(Oc8ccc(OCC9CO9)cc8)cc(c2c37)C1=O)c64)C(=O)N(C(C(=O)N(Cc1ccccc1)Cc1ccccc1)C(C)C)C5=O. The van der Waals surface area contributed by atoms with E-state index >= 15 is 28.8 Å². The van der Waals surface area contributed by atoms with Gasteiger partial charge in [-0.15, -0.1) is 0 Å². The average Bonchev–Trinajstić information content (AvgIpc) is 1.56. The zero-order chi connectivity index (χ0) is 80.4. The van der Waals surface area contributed by atoms with Crippen LogP contribution < -0.4 is 28.4 Å². The summed E-state index contributed by atoms with van der Waals surface area (Å²) in [5, 5.41) is 1.97. The molecule has 0 aliphatic carbocycles. The quantitative estimate of drug-likeness (QED) is 0.0165. The highest BCUT2D eigenvalue weighted by Gasteiger charge is 2.49. The van der Waals surface area contributed by atoms with Gasteiger partial charge in [-0.25, -0.2) is 0 Å². The number of amides is 6. The van der Waals surface area contributed by atoms with E-state index < -0.39 is 59.4 Å². The van der Waals surface area contributed by atoms with E-state index in [1.807, 2.05) is 198 Å². The van der Waals surface area contributed by atoms with Crippen molar-refractivity contribution in [2.45, 2.75) is 103 Å². The van der Waals surface area contributed by atoms with Gasteiger partial charge in [0.15, 0.2) is 0 Å². The van der Waals surface area contributed by atoms with Gasteiger partial charge in [0.1, 0.15) is 95.0 Å². The molecule has 6 unspecified atom stereocenters. The van der Waals surface area contributed by atoms with Crippen molar-refractivity contribution < 1.29 is 76.1 Å².